The molecule has 0 bridgehead atoms. The summed E-state index contributed by atoms with van der Waals surface area (Å²) in [7, 11) is 0. The lowest BCUT2D eigenvalue weighted by Gasteiger charge is -2.09. The molecule has 0 amide bonds. The lowest BCUT2D eigenvalue weighted by molar-refractivity contribution is 0.485. The average Bonchev–Trinajstić information content (AvgIpc) is 2.71. The maximum absolute atomic E-state index is 13.5. The van der Waals surface area contributed by atoms with E-state index >= 15 is 0 Å². The van der Waals surface area contributed by atoms with Gasteiger partial charge in [-0.15, -0.1) is 0 Å². The minimum absolute atomic E-state index is 0.159. The number of hydrogen-bond acceptors (Lipinski definition) is 1. The lowest BCUT2D eigenvalue weighted by Crippen LogP contribution is -2.00. The fraction of sp³-hybridized carbons (Fsp3) is 0.231. The molecule has 1 atom stereocenters. The number of aryl methyl sites for hydroxylation is 1. The first kappa shape index (κ1) is 12.3. The Labute approximate surface area is 107 Å². The van der Waals surface area contributed by atoms with E-state index in [-0.39, 0.29) is 4.83 Å². The van der Waals surface area contributed by atoms with Crippen molar-refractivity contribution in [1.82, 2.24) is 0 Å². The van der Waals surface area contributed by atoms with Crippen LogP contribution in [0.3, 0.4) is 0 Å². The van der Waals surface area contributed by atoms with Crippen molar-refractivity contribution in [2.24, 2.45) is 0 Å². The molecule has 90 valence electrons. The van der Waals surface area contributed by atoms with Crippen LogP contribution in [0.4, 0.5) is 8.78 Å². The van der Waals surface area contributed by atoms with Crippen LogP contribution in [0.1, 0.15) is 21.7 Å². The third-order valence-electron chi connectivity index (χ3n) is 2.62. The van der Waals surface area contributed by atoms with Gasteiger partial charge in [0.05, 0.1) is 11.1 Å². The van der Waals surface area contributed by atoms with Gasteiger partial charge in [-0.1, -0.05) is 28.1 Å². The summed E-state index contributed by atoms with van der Waals surface area (Å²) >= 11 is 3.43. The second-order valence-electron chi connectivity index (χ2n) is 3.85. The first-order chi connectivity index (χ1) is 8.09. The molecule has 0 spiro atoms. The summed E-state index contributed by atoms with van der Waals surface area (Å²) in [5.41, 5.74) is 1.33. The predicted octanol–water partition coefficient (Wildman–Crippen LogP) is 4.54. The van der Waals surface area contributed by atoms with Crippen molar-refractivity contribution in [3.8, 4) is 0 Å². The molecule has 0 aliphatic carbocycles. The summed E-state index contributed by atoms with van der Waals surface area (Å²) in [6.07, 6.45) is 1.93. The molecule has 0 radical (unpaired) electrons. The van der Waals surface area contributed by atoms with Crippen LogP contribution < -0.4 is 0 Å². The topological polar surface area (TPSA) is 13.1 Å². The zero-order valence-corrected chi connectivity index (χ0v) is 10.8. The Morgan fingerprint density at radius 1 is 1.29 bits per heavy atom. The molecule has 4 heteroatoms. The summed E-state index contributed by atoms with van der Waals surface area (Å²) in [6.45, 7) is 1.91. The lowest BCUT2D eigenvalue weighted by atomic mass is 10.1. The highest BCUT2D eigenvalue weighted by molar-refractivity contribution is 9.09. The molecule has 2 aromatic rings. The summed E-state index contributed by atoms with van der Waals surface area (Å²) in [5, 5.41) is 0. The number of benzene rings is 1. The molecule has 0 saturated carbocycles. The van der Waals surface area contributed by atoms with Crippen LogP contribution in [0.15, 0.2) is 34.9 Å². The van der Waals surface area contributed by atoms with Gasteiger partial charge >= 0.3 is 0 Å². The fourth-order valence-electron chi connectivity index (χ4n) is 1.70. The second-order valence-corrected chi connectivity index (χ2v) is 4.96. The van der Waals surface area contributed by atoms with E-state index in [1.807, 2.05) is 13.0 Å². The van der Waals surface area contributed by atoms with Crippen molar-refractivity contribution in [3.05, 3.63) is 59.1 Å². The molecule has 1 unspecified atom stereocenters. The van der Waals surface area contributed by atoms with Gasteiger partial charge in [0.15, 0.2) is 11.6 Å². The third kappa shape index (κ3) is 2.57. The normalized spacial score (nSPS) is 12.7. The monoisotopic (exact) mass is 300 g/mol. The Bertz CT molecular complexity index is 522. The van der Waals surface area contributed by atoms with Crippen LogP contribution in [0.5, 0.6) is 0 Å². The zero-order chi connectivity index (χ0) is 12.4. The first-order valence-electron chi connectivity index (χ1n) is 5.20. The molecule has 17 heavy (non-hydrogen) atoms. The van der Waals surface area contributed by atoms with Gasteiger partial charge in [-0.3, -0.25) is 0 Å². The van der Waals surface area contributed by atoms with E-state index < -0.39 is 11.6 Å². The molecular formula is C13H11BrF2O. The van der Waals surface area contributed by atoms with Gasteiger partial charge in [0.2, 0.25) is 0 Å². The van der Waals surface area contributed by atoms with Crippen LogP contribution >= 0.6 is 15.9 Å². The van der Waals surface area contributed by atoms with Crippen molar-refractivity contribution in [2.75, 3.05) is 0 Å². The van der Waals surface area contributed by atoms with Crippen molar-refractivity contribution >= 4 is 15.9 Å². The summed E-state index contributed by atoms with van der Waals surface area (Å²) in [6, 6.07) is 6.03. The van der Waals surface area contributed by atoms with Gasteiger partial charge in [0.1, 0.15) is 5.76 Å². The Morgan fingerprint density at radius 3 is 2.71 bits per heavy atom. The maximum Gasteiger partial charge on any atom is 0.162 e. The molecule has 0 fully saturated rings. The van der Waals surface area contributed by atoms with E-state index in [4.69, 9.17) is 4.42 Å². The molecule has 1 aromatic carbocycles. The van der Waals surface area contributed by atoms with Gasteiger partial charge in [0.25, 0.3) is 0 Å². The van der Waals surface area contributed by atoms with Crippen molar-refractivity contribution in [3.63, 3.8) is 0 Å². The highest BCUT2D eigenvalue weighted by Crippen LogP contribution is 2.31. The average molecular weight is 301 g/mol. The first-order valence-corrected chi connectivity index (χ1v) is 6.12. The van der Waals surface area contributed by atoms with Crippen LogP contribution in [0, 0.1) is 18.6 Å². The van der Waals surface area contributed by atoms with E-state index in [2.05, 4.69) is 15.9 Å². The Balaban J connectivity index is 2.22. The largest absolute Gasteiger partial charge is 0.468 e. The maximum atomic E-state index is 13.5. The van der Waals surface area contributed by atoms with Gasteiger partial charge in [-0.05, 0) is 36.6 Å². The molecule has 0 N–H and O–H groups in total. The van der Waals surface area contributed by atoms with Gasteiger partial charge < -0.3 is 4.42 Å². The molecular weight excluding hydrogens is 290 g/mol. The summed E-state index contributed by atoms with van der Waals surface area (Å²) < 4.78 is 31.8. The van der Waals surface area contributed by atoms with E-state index in [9.17, 15) is 8.78 Å². The number of halogens is 3. The van der Waals surface area contributed by atoms with Gasteiger partial charge in [-0.25, -0.2) is 8.78 Å². The van der Waals surface area contributed by atoms with Crippen LogP contribution in [-0.2, 0) is 6.42 Å². The minimum Gasteiger partial charge on any atom is -0.468 e. The number of alkyl halides is 1. The molecule has 2 rings (SSSR count). The predicted molar refractivity (Wildman–Crippen MR) is 65.2 cm³/mol. The summed E-state index contributed by atoms with van der Waals surface area (Å²) in [4.78, 5) is -0.159. The van der Waals surface area contributed by atoms with E-state index in [1.54, 1.807) is 12.3 Å². The summed E-state index contributed by atoms with van der Waals surface area (Å²) in [5.74, 6) is -0.867. The van der Waals surface area contributed by atoms with Crippen LogP contribution in [0.25, 0.3) is 0 Å². The number of furan rings is 1. The number of rotatable bonds is 3. The van der Waals surface area contributed by atoms with Crippen LogP contribution in [0.2, 0.25) is 0 Å². The van der Waals surface area contributed by atoms with E-state index in [0.717, 1.165) is 17.4 Å². The fourth-order valence-corrected chi connectivity index (χ4v) is 2.51. The molecule has 0 aliphatic heterocycles. The van der Waals surface area contributed by atoms with E-state index in [1.165, 1.54) is 6.07 Å². The molecule has 0 saturated heterocycles. The minimum atomic E-state index is -0.821. The SMILES string of the molecule is Cc1ccoc1C(Br)Cc1cccc(F)c1F. The zero-order valence-electron chi connectivity index (χ0n) is 9.21. The second kappa shape index (κ2) is 5.00. The number of hydrogen-bond donors (Lipinski definition) is 0. The Kier molecular flexibility index (Phi) is 3.62. The quantitative estimate of drug-likeness (QED) is 0.758. The molecule has 1 heterocycles. The standard InChI is InChI=1S/C13H11BrF2O/c1-8-5-6-17-13(8)10(14)7-9-3-2-4-11(15)12(9)16/h2-6,10H,7H2,1H3. The highest BCUT2D eigenvalue weighted by atomic mass is 79.9. The molecule has 0 aliphatic rings. The highest BCUT2D eigenvalue weighted by Gasteiger charge is 2.17. The molecule has 1 aromatic heterocycles. The van der Waals surface area contributed by atoms with Gasteiger partial charge in [0, 0.05) is 0 Å². The van der Waals surface area contributed by atoms with Gasteiger partial charge in [-0.2, -0.15) is 0 Å². The van der Waals surface area contributed by atoms with E-state index in [0.29, 0.717) is 12.0 Å². The Hall–Kier alpha value is -1.16. The molecule has 1 nitrogen and oxygen atoms in total. The van der Waals surface area contributed by atoms with Crippen molar-refractivity contribution < 1.29 is 13.2 Å². The smallest absolute Gasteiger partial charge is 0.162 e. The third-order valence-corrected chi connectivity index (χ3v) is 3.36. The van der Waals surface area contributed by atoms with Crippen molar-refractivity contribution in [2.45, 2.75) is 18.2 Å². The van der Waals surface area contributed by atoms with Crippen LogP contribution in [-0.4, -0.2) is 0 Å². The Morgan fingerprint density at radius 2 is 2.06 bits per heavy atom. The van der Waals surface area contributed by atoms with Crippen molar-refractivity contribution in [1.29, 1.82) is 0 Å².